The minimum absolute atomic E-state index is 0.814. The highest BCUT2D eigenvalue weighted by atomic mass is 32.2. The lowest BCUT2D eigenvalue weighted by molar-refractivity contribution is 0.814. The van der Waals surface area contributed by atoms with Crippen molar-refractivity contribution in [3.63, 3.8) is 0 Å². The smallest absolute Gasteiger partial charge is 0.00721 e. The van der Waals surface area contributed by atoms with Gasteiger partial charge in [0.2, 0.25) is 0 Å². The number of aryl methyl sites for hydroxylation is 1. The number of hydrogen-bond acceptors (Lipinski definition) is 2. The van der Waals surface area contributed by atoms with Crippen LogP contribution in [0.15, 0.2) is 29.2 Å². The molecule has 0 saturated heterocycles. The van der Waals surface area contributed by atoms with E-state index in [4.69, 9.17) is 5.73 Å². The molecular weight excluding hydrogens is 178 g/mol. The zero-order valence-corrected chi connectivity index (χ0v) is 8.94. The molecule has 2 N–H and O–H groups in total. The number of rotatable bonds is 5. The van der Waals surface area contributed by atoms with Crippen LogP contribution in [0.2, 0.25) is 0 Å². The molecule has 0 aliphatic rings. The third kappa shape index (κ3) is 4.34. The second kappa shape index (κ2) is 6.06. The number of thioether (sulfide) groups is 1. The Bertz CT molecular complexity index is 230. The highest BCUT2D eigenvalue weighted by Gasteiger charge is 1.92. The van der Waals surface area contributed by atoms with Crippen LogP contribution >= 0.6 is 11.8 Å². The van der Waals surface area contributed by atoms with E-state index >= 15 is 0 Å². The first-order valence-corrected chi connectivity index (χ1v) is 5.71. The third-order valence-electron chi connectivity index (χ3n) is 1.89. The molecule has 1 aromatic carbocycles. The van der Waals surface area contributed by atoms with Crippen LogP contribution in [0.25, 0.3) is 0 Å². The van der Waals surface area contributed by atoms with Crippen LogP contribution in [0.5, 0.6) is 0 Å². The van der Waals surface area contributed by atoms with Crippen molar-refractivity contribution in [1.29, 1.82) is 0 Å². The first-order valence-electron chi connectivity index (χ1n) is 4.72. The summed E-state index contributed by atoms with van der Waals surface area (Å²) >= 11 is 1.91. The molecule has 1 nitrogen and oxygen atoms in total. The summed E-state index contributed by atoms with van der Waals surface area (Å²) in [4.78, 5) is 1.36. The average molecular weight is 195 g/mol. The van der Waals surface area contributed by atoms with Crippen LogP contribution in [0.4, 0.5) is 0 Å². The van der Waals surface area contributed by atoms with E-state index in [2.05, 4.69) is 31.2 Å². The Morgan fingerprint density at radius 1 is 1.15 bits per heavy atom. The molecular formula is C11H17NS. The van der Waals surface area contributed by atoms with Gasteiger partial charge >= 0.3 is 0 Å². The third-order valence-corrected chi connectivity index (χ3v) is 2.99. The summed E-state index contributed by atoms with van der Waals surface area (Å²) in [6, 6.07) is 8.68. The van der Waals surface area contributed by atoms with E-state index in [9.17, 15) is 0 Å². The van der Waals surface area contributed by atoms with E-state index in [0.717, 1.165) is 13.0 Å². The average Bonchev–Trinajstić information content (AvgIpc) is 2.15. The summed E-state index contributed by atoms with van der Waals surface area (Å²) in [6.07, 6.45) is 2.36. The molecule has 0 aliphatic carbocycles. The van der Waals surface area contributed by atoms with Crippen LogP contribution in [-0.4, -0.2) is 12.3 Å². The molecule has 0 fully saturated rings. The quantitative estimate of drug-likeness (QED) is 0.577. The number of hydrogen-bond donors (Lipinski definition) is 1. The normalized spacial score (nSPS) is 10.3. The van der Waals surface area contributed by atoms with Crippen LogP contribution in [0.1, 0.15) is 18.4 Å². The van der Waals surface area contributed by atoms with Gasteiger partial charge in [0, 0.05) is 4.90 Å². The van der Waals surface area contributed by atoms with Gasteiger partial charge in [-0.15, -0.1) is 11.8 Å². The van der Waals surface area contributed by atoms with Crippen molar-refractivity contribution in [3.8, 4) is 0 Å². The summed E-state index contributed by atoms with van der Waals surface area (Å²) in [5, 5.41) is 0. The number of nitrogens with two attached hydrogens (primary N) is 1. The highest BCUT2D eigenvalue weighted by molar-refractivity contribution is 7.99. The predicted octanol–water partition coefficient (Wildman–Crippen LogP) is 2.83. The van der Waals surface area contributed by atoms with Crippen molar-refractivity contribution in [3.05, 3.63) is 29.8 Å². The van der Waals surface area contributed by atoms with E-state index in [1.807, 2.05) is 11.8 Å². The molecule has 0 heterocycles. The predicted molar refractivity (Wildman–Crippen MR) is 60.2 cm³/mol. The molecule has 0 saturated carbocycles. The zero-order valence-electron chi connectivity index (χ0n) is 8.12. The SMILES string of the molecule is Cc1ccc(SCCCCN)cc1. The summed E-state index contributed by atoms with van der Waals surface area (Å²) in [5.74, 6) is 1.18. The minimum atomic E-state index is 0.814. The van der Waals surface area contributed by atoms with E-state index in [1.54, 1.807) is 0 Å². The van der Waals surface area contributed by atoms with Crippen molar-refractivity contribution < 1.29 is 0 Å². The summed E-state index contributed by atoms with van der Waals surface area (Å²) in [7, 11) is 0. The summed E-state index contributed by atoms with van der Waals surface area (Å²) in [5.41, 5.74) is 6.74. The monoisotopic (exact) mass is 195 g/mol. The van der Waals surface area contributed by atoms with Crippen LogP contribution in [-0.2, 0) is 0 Å². The molecule has 0 aliphatic heterocycles. The maximum absolute atomic E-state index is 5.42. The lowest BCUT2D eigenvalue weighted by atomic mass is 10.2. The van der Waals surface area contributed by atoms with Gasteiger partial charge in [-0.05, 0) is 44.2 Å². The maximum atomic E-state index is 5.42. The molecule has 2 heteroatoms. The van der Waals surface area contributed by atoms with Crippen LogP contribution in [0.3, 0.4) is 0 Å². The van der Waals surface area contributed by atoms with Crippen LogP contribution in [0, 0.1) is 6.92 Å². The van der Waals surface area contributed by atoms with Crippen molar-refractivity contribution >= 4 is 11.8 Å². The van der Waals surface area contributed by atoms with E-state index in [1.165, 1.54) is 22.6 Å². The lowest BCUT2D eigenvalue weighted by Crippen LogP contribution is -1.98. The van der Waals surface area contributed by atoms with Crippen molar-refractivity contribution in [2.45, 2.75) is 24.7 Å². The van der Waals surface area contributed by atoms with Gasteiger partial charge in [0.25, 0.3) is 0 Å². The Morgan fingerprint density at radius 2 is 1.85 bits per heavy atom. The molecule has 0 bridgehead atoms. The van der Waals surface area contributed by atoms with E-state index in [0.29, 0.717) is 0 Å². The fourth-order valence-electron chi connectivity index (χ4n) is 1.07. The fraction of sp³-hybridized carbons (Fsp3) is 0.455. The Balaban J connectivity index is 2.25. The van der Waals surface area contributed by atoms with Gasteiger partial charge in [-0.1, -0.05) is 17.7 Å². The van der Waals surface area contributed by atoms with Gasteiger partial charge in [-0.3, -0.25) is 0 Å². The summed E-state index contributed by atoms with van der Waals surface area (Å²) in [6.45, 7) is 2.93. The number of unbranched alkanes of at least 4 members (excludes halogenated alkanes) is 1. The molecule has 0 atom stereocenters. The van der Waals surface area contributed by atoms with Gasteiger partial charge in [0.1, 0.15) is 0 Å². The molecule has 72 valence electrons. The van der Waals surface area contributed by atoms with E-state index < -0.39 is 0 Å². The minimum Gasteiger partial charge on any atom is -0.330 e. The topological polar surface area (TPSA) is 26.0 Å². The second-order valence-corrected chi connectivity index (χ2v) is 4.33. The van der Waals surface area contributed by atoms with Gasteiger partial charge in [-0.2, -0.15) is 0 Å². The Hall–Kier alpha value is -0.470. The molecule has 0 amide bonds. The number of benzene rings is 1. The lowest BCUT2D eigenvalue weighted by Gasteiger charge is -2.00. The standard InChI is InChI=1S/C11H17NS/c1-10-4-6-11(7-5-10)13-9-3-2-8-12/h4-7H,2-3,8-9,12H2,1H3. The second-order valence-electron chi connectivity index (χ2n) is 3.16. The van der Waals surface area contributed by atoms with Gasteiger partial charge in [0.05, 0.1) is 0 Å². The molecule has 1 aromatic rings. The van der Waals surface area contributed by atoms with Gasteiger partial charge < -0.3 is 5.73 Å². The first-order chi connectivity index (χ1) is 6.33. The largest absolute Gasteiger partial charge is 0.330 e. The zero-order chi connectivity index (χ0) is 9.52. The van der Waals surface area contributed by atoms with Gasteiger partial charge in [-0.25, -0.2) is 0 Å². The fourth-order valence-corrected chi connectivity index (χ4v) is 1.98. The van der Waals surface area contributed by atoms with Crippen molar-refractivity contribution in [2.75, 3.05) is 12.3 Å². The molecule has 1 rings (SSSR count). The molecule has 0 aromatic heterocycles. The Morgan fingerprint density at radius 3 is 2.46 bits per heavy atom. The van der Waals surface area contributed by atoms with E-state index in [-0.39, 0.29) is 0 Å². The van der Waals surface area contributed by atoms with Crippen molar-refractivity contribution in [1.82, 2.24) is 0 Å². The molecule has 0 unspecified atom stereocenters. The molecule has 13 heavy (non-hydrogen) atoms. The molecule has 0 radical (unpaired) electrons. The maximum Gasteiger partial charge on any atom is 0.00721 e. The van der Waals surface area contributed by atoms with Crippen molar-refractivity contribution in [2.24, 2.45) is 5.73 Å². The van der Waals surface area contributed by atoms with Gasteiger partial charge in [0.15, 0.2) is 0 Å². The first kappa shape index (κ1) is 10.6. The van der Waals surface area contributed by atoms with Crippen LogP contribution < -0.4 is 5.73 Å². The Kier molecular flexibility index (Phi) is 4.94. The highest BCUT2D eigenvalue weighted by Crippen LogP contribution is 2.19. The summed E-state index contributed by atoms with van der Waals surface area (Å²) < 4.78 is 0. The Labute approximate surface area is 84.7 Å². The molecule has 0 spiro atoms.